The maximum Gasteiger partial charge on any atom is 0.227 e. The summed E-state index contributed by atoms with van der Waals surface area (Å²) in [5, 5.41) is 6.85. The lowest BCUT2D eigenvalue weighted by Gasteiger charge is -2.16. The van der Waals surface area contributed by atoms with Crippen molar-refractivity contribution < 1.29 is 9.32 Å². The van der Waals surface area contributed by atoms with E-state index in [1.807, 2.05) is 20.8 Å². The average Bonchev–Trinajstić information content (AvgIpc) is 3.24. The van der Waals surface area contributed by atoms with Crippen LogP contribution in [0.25, 0.3) is 0 Å². The monoisotopic (exact) mass is 343 g/mol. The largest absolute Gasteiger partial charge is 0.339 e. The van der Waals surface area contributed by atoms with E-state index in [9.17, 15) is 4.79 Å². The molecule has 1 fully saturated rings. The molecule has 0 saturated heterocycles. The molecule has 0 aromatic carbocycles. The van der Waals surface area contributed by atoms with Crippen LogP contribution in [0.2, 0.25) is 0 Å². The zero-order valence-electron chi connectivity index (χ0n) is 15.1. The molecule has 1 aliphatic rings. The molecule has 7 nitrogen and oxygen atoms in total. The highest BCUT2D eigenvalue weighted by molar-refractivity contribution is 5.90. The smallest absolute Gasteiger partial charge is 0.227 e. The van der Waals surface area contributed by atoms with E-state index in [-0.39, 0.29) is 17.7 Å². The van der Waals surface area contributed by atoms with Gasteiger partial charge in [-0.25, -0.2) is 9.97 Å². The summed E-state index contributed by atoms with van der Waals surface area (Å²) < 4.78 is 5.27. The van der Waals surface area contributed by atoms with E-state index >= 15 is 0 Å². The fourth-order valence-corrected chi connectivity index (χ4v) is 2.94. The molecule has 0 bridgehead atoms. The van der Waals surface area contributed by atoms with Crippen molar-refractivity contribution in [1.29, 1.82) is 0 Å². The Morgan fingerprint density at radius 1 is 1.24 bits per heavy atom. The van der Waals surface area contributed by atoms with Crippen molar-refractivity contribution in [3.05, 3.63) is 29.9 Å². The number of hydrogen-bond acceptors (Lipinski definition) is 6. The maximum absolute atomic E-state index is 12.1. The number of aryl methyl sites for hydroxylation is 1. The minimum absolute atomic E-state index is 0.114. The van der Waals surface area contributed by atoms with Crippen LogP contribution in [-0.4, -0.2) is 26.0 Å². The van der Waals surface area contributed by atoms with Crippen molar-refractivity contribution >= 4 is 11.6 Å². The van der Waals surface area contributed by atoms with Crippen LogP contribution < -0.4 is 5.32 Å². The summed E-state index contributed by atoms with van der Waals surface area (Å²) in [5.74, 6) is 2.36. The Morgan fingerprint density at radius 2 is 1.92 bits per heavy atom. The van der Waals surface area contributed by atoms with Crippen LogP contribution in [-0.2, 0) is 16.6 Å². The van der Waals surface area contributed by atoms with Crippen LogP contribution in [0.5, 0.6) is 0 Å². The second-order valence-electron chi connectivity index (χ2n) is 7.62. The Hall–Kier alpha value is -2.31. The van der Waals surface area contributed by atoms with Crippen molar-refractivity contribution in [3.63, 3.8) is 0 Å². The number of rotatable bonds is 5. The molecule has 1 N–H and O–H groups in total. The Bertz CT molecular complexity index is 712. The summed E-state index contributed by atoms with van der Waals surface area (Å²) in [5.41, 5.74) is 0.479. The molecule has 2 aromatic rings. The van der Waals surface area contributed by atoms with E-state index in [1.54, 1.807) is 12.4 Å². The first-order chi connectivity index (χ1) is 11.9. The molecule has 0 atom stereocenters. The van der Waals surface area contributed by atoms with Gasteiger partial charge in [0.05, 0.1) is 18.1 Å². The molecule has 1 aliphatic carbocycles. The molecular weight excluding hydrogens is 318 g/mol. The Balaban J connectivity index is 1.49. The summed E-state index contributed by atoms with van der Waals surface area (Å²) in [6, 6.07) is 0. The molecule has 0 radical (unpaired) electrons. The van der Waals surface area contributed by atoms with E-state index in [2.05, 4.69) is 25.4 Å². The first-order valence-corrected chi connectivity index (χ1v) is 8.86. The van der Waals surface area contributed by atoms with E-state index in [1.165, 1.54) is 12.8 Å². The molecule has 0 spiro atoms. The number of carbonyl (C=O) groups is 1. The third kappa shape index (κ3) is 4.61. The number of aromatic nitrogens is 4. The number of anilines is 1. The summed E-state index contributed by atoms with van der Waals surface area (Å²) in [4.78, 5) is 25.1. The van der Waals surface area contributed by atoms with Crippen LogP contribution in [0.15, 0.2) is 16.9 Å². The molecule has 0 unspecified atom stereocenters. The van der Waals surface area contributed by atoms with Gasteiger partial charge in [0.25, 0.3) is 0 Å². The van der Waals surface area contributed by atoms with Crippen LogP contribution in [0, 0.1) is 0 Å². The average molecular weight is 343 g/mol. The third-order valence-corrected chi connectivity index (χ3v) is 4.38. The van der Waals surface area contributed by atoms with Gasteiger partial charge in [0.15, 0.2) is 5.82 Å². The Kier molecular flexibility index (Phi) is 5.11. The molecule has 1 amide bonds. The van der Waals surface area contributed by atoms with E-state index in [0.717, 1.165) is 24.5 Å². The van der Waals surface area contributed by atoms with Crippen molar-refractivity contribution in [3.8, 4) is 0 Å². The van der Waals surface area contributed by atoms with Gasteiger partial charge >= 0.3 is 0 Å². The van der Waals surface area contributed by atoms with Crippen molar-refractivity contribution in [1.82, 2.24) is 20.1 Å². The Morgan fingerprint density at radius 3 is 2.56 bits per heavy atom. The number of nitrogens with one attached hydrogen (secondary N) is 1. The predicted molar refractivity (Wildman–Crippen MR) is 93.2 cm³/mol. The number of carbonyl (C=O) groups excluding carboxylic acids is 1. The lowest BCUT2D eigenvalue weighted by molar-refractivity contribution is -0.116. The second kappa shape index (κ2) is 7.29. The van der Waals surface area contributed by atoms with Gasteiger partial charge in [-0.05, 0) is 12.8 Å². The van der Waals surface area contributed by atoms with Gasteiger partial charge in [0.1, 0.15) is 5.82 Å². The van der Waals surface area contributed by atoms with Crippen molar-refractivity contribution in [2.45, 2.75) is 70.6 Å². The zero-order chi connectivity index (χ0) is 17.9. The first kappa shape index (κ1) is 17.5. The topological polar surface area (TPSA) is 93.8 Å². The lowest BCUT2D eigenvalue weighted by Crippen LogP contribution is -2.17. The molecule has 134 valence electrons. The van der Waals surface area contributed by atoms with Gasteiger partial charge in [-0.3, -0.25) is 4.79 Å². The first-order valence-electron chi connectivity index (χ1n) is 8.86. The van der Waals surface area contributed by atoms with E-state index in [4.69, 9.17) is 4.52 Å². The van der Waals surface area contributed by atoms with Gasteiger partial charge in [-0.15, -0.1) is 0 Å². The number of nitrogens with zero attached hydrogens (tertiary/aromatic N) is 4. The van der Waals surface area contributed by atoms with Gasteiger partial charge in [0, 0.05) is 24.2 Å². The highest BCUT2D eigenvalue weighted by Crippen LogP contribution is 2.32. The summed E-state index contributed by atoms with van der Waals surface area (Å²) in [6.07, 6.45) is 8.71. The summed E-state index contributed by atoms with van der Waals surface area (Å²) in [7, 11) is 0. The van der Waals surface area contributed by atoms with Gasteiger partial charge in [-0.1, -0.05) is 38.8 Å². The molecule has 3 rings (SSSR count). The molecule has 0 aliphatic heterocycles. The van der Waals surface area contributed by atoms with E-state index < -0.39 is 0 Å². The Labute approximate surface area is 147 Å². The molecule has 2 aromatic heterocycles. The van der Waals surface area contributed by atoms with Crippen LogP contribution in [0.1, 0.15) is 76.3 Å². The molecule has 2 heterocycles. The molecule has 7 heteroatoms. The molecule has 25 heavy (non-hydrogen) atoms. The number of hydrogen-bond donors (Lipinski definition) is 1. The normalized spacial score (nSPS) is 15.5. The highest BCUT2D eigenvalue weighted by Gasteiger charge is 2.22. The SMILES string of the molecule is CC(C)(C)c1ncc(NC(=O)CCc2nc(C3CCCC3)no2)cn1. The third-order valence-electron chi connectivity index (χ3n) is 4.38. The van der Waals surface area contributed by atoms with Gasteiger partial charge in [0.2, 0.25) is 11.8 Å². The van der Waals surface area contributed by atoms with Crippen LogP contribution >= 0.6 is 0 Å². The minimum Gasteiger partial charge on any atom is -0.339 e. The molecular formula is C18H25N5O2. The van der Waals surface area contributed by atoms with Crippen LogP contribution in [0.3, 0.4) is 0 Å². The fraction of sp³-hybridized carbons (Fsp3) is 0.611. The second-order valence-corrected chi connectivity index (χ2v) is 7.62. The fourth-order valence-electron chi connectivity index (χ4n) is 2.94. The quantitative estimate of drug-likeness (QED) is 0.894. The van der Waals surface area contributed by atoms with Gasteiger partial charge < -0.3 is 9.84 Å². The standard InChI is InChI=1S/C18H25N5O2/c1-18(2,3)17-19-10-13(11-20-17)21-14(24)8-9-15-22-16(23-25-15)12-6-4-5-7-12/h10-12H,4-9H2,1-3H3,(H,21,24). The predicted octanol–water partition coefficient (Wildman–Crippen LogP) is 3.39. The number of amides is 1. The highest BCUT2D eigenvalue weighted by atomic mass is 16.5. The lowest BCUT2D eigenvalue weighted by atomic mass is 9.96. The van der Waals surface area contributed by atoms with Gasteiger partial charge in [-0.2, -0.15) is 4.98 Å². The van der Waals surface area contributed by atoms with E-state index in [0.29, 0.717) is 23.9 Å². The summed E-state index contributed by atoms with van der Waals surface area (Å²) >= 11 is 0. The minimum atomic E-state index is -0.118. The molecule has 1 saturated carbocycles. The van der Waals surface area contributed by atoms with Crippen molar-refractivity contribution in [2.75, 3.05) is 5.32 Å². The van der Waals surface area contributed by atoms with Crippen LogP contribution in [0.4, 0.5) is 5.69 Å². The maximum atomic E-state index is 12.1. The zero-order valence-corrected chi connectivity index (χ0v) is 15.1. The van der Waals surface area contributed by atoms with Crippen molar-refractivity contribution in [2.24, 2.45) is 0 Å². The summed E-state index contributed by atoms with van der Waals surface area (Å²) in [6.45, 7) is 6.14.